The second kappa shape index (κ2) is 9.45. The third kappa shape index (κ3) is 5.59. The van der Waals surface area contributed by atoms with Crippen molar-refractivity contribution in [3.8, 4) is 11.5 Å². The molecule has 1 aromatic heterocycles. The fourth-order valence-corrected chi connectivity index (χ4v) is 4.51. The first-order valence-corrected chi connectivity index (χ1v) is 11.9. The van der Waals surface area contributed by atoms with E-state index in [1.165, 1.54) is 18.6 Å². The van der Waals surface area contributed by atoms with Crippen molar-refractivity contribution in [1.82, 2.24) is 14.7 Å². The predicted molar refractivity (Wildman–Crippen MR) is 120 cm³/mol. The van der Waals surface area contributed by atoms with Crippen LogP contribution < -0.4 is 14.4 Å². The number of hydrogen-bond donors (Lipinski definition) is 1. The van der Waals surface area contributed by atoms with Crippen LogP contribution in [-0.4, -0.2) is 31.5 Å². The van der Waals surface area contributed by atoms with Crippen LogP contribution in [0.25, 0.3) is 0 Å². The maximum atomic E-state index is 12.7. The molecule has 2 aromatic carbocycles. The number of para-hydroxylation sites is 1. The van der Waals surface area contributed by atoms with Gasteiger partial charge in [-0.2, -0.15) is 0 Å². The summed E-state index contributed by atoms with van der Waals surface area (Å²) in [5.74, 6) is 2.59. The van der Waals surface area contributed by atoms with Gasteiger partial charge in [-0.25, -0.2) is 23.1 Å². The fourth-order valence-electron chi connectivity index (χ4n) is 3.53. The third-order valence-corrected chi connectivity index (χ3v) is 6.52. The molecule has 162 valence electrons. The minimum Gasteiger partial charge on any atom is -0.457 e. The Morgan fingerprint density at radius 1 is 0.935 bits per heavy atom. The number of aromatic nitrogens is 2. The van der Waals surface area contributed by atoms with Crippen molar-refractivity contribution < 1.29 is 13.2 Å². The second-order valence-corrected chi connectivity index (χ2v) is 9.31. The highest BCUT2D eigenvalue weighted by Gasteiger charge is 2.17. The van der Waals surface area contributed by atoms with Crippen LogP contribution in [-0.2, 0) is 16.6 Å². The van der Waals surface area contributed by atoms with Gasteiger partial charge in [-0.3, -0.25) is 0 Å². The number of piperidine rings is 1. The zero-order valence-corrected chi connectivity index (χ0v) is 18.3. The first-order chi connectivity index (χ1) is 15.0. The molecule has 0 bridgehead atoms. The van der Waals surface area contributed by atoms with E-state index in [0.717, 1.165) is 37.4 Å². The van der Waals surface area contributed by atoms with Crippen LogP contribution in [0.4, 0.5) is 5.82 Å². The van der Waals surface area contributed by atoms with Gasteiger partial charge in [-0.1, -0.05) is 18.2 Å². The number of nitrogens with one attached hydrogen (secondary N) is 1. The van der Waals surface area contributed by atoms with Gasteiger partial charge >= 0.3 is 0 Å². The van der Waals surface area contributed by atoms with Gasteiger partial charge in [0.2, 0.25) is 10.0 Å². The van der Waals surface area contributed by atoms with Crippen LogP contribution in [0, 0.1) is 6.92 Å². The minimum atomic E-state index is -3.70. The summed E-state index contributed by atoms with van der Waals surface area (Å²) in [4.78, 5) is 11.4. The average molecular weight is 439 g/mol. The molecule has 1 aliphatic heterocycles. The van der Waals surface area contributed by atoms with Gasteiger partial charge in [-0.05, 0) is 62.6 Å². The van der Waals surface area contributed by atoms with Crippen LogP contribution in [0.3, 0.4) is 0 Å². The maximum Gasteiger partial charge on any atom is 0.240 e. The molecule has 1 saturated heterocycles. The van der Waals surface area contributed by atoms with Crippen molar-refractivity contribution in [3.05, 3.63) is 72.2 Å². The SMILES string of the molecule is Cc1cc(N2CCCCC2)nc(CNS(=O)(=O)c2ccc(Oc3ccccc3)cc2)n1. The van der Waals surface area contributed by atoms with Crippen molar-refractivity contribution >= 4 is 15.8 Å². The molecular formula is C23H26N4O3S. The average Bonchev–Trinajstić information content (AvgIpc) is 2.79. The van der Waals surface area contributed by atoms with Gasteiger partial charge in [-0.15, -0.1) is 0 Å². The van der Waals surface area contributed by atoms with Crippen LogP contribution >= 0.6 is 0 Å². The van der Waals surface area contributed by atoms with Gasteiger partial charge in [0.1, 0.15) is 23.1 Å². The monoisotopic (exact) mass is 438 g/mol. The van der Waals surface area contributed by atoms with Gasteiger partial charge in [0, 0.05) is 24.8 Å². The van der Waals surface area contributed by atoms with Gasteiger partial charge < -0.3 is 9.64 Å². The molecule has 0 radical (unpaired) electrons. The summed E-state index contributed by atoms with van der Waals surface area (Å²) in [5.41, 5.74) is 0.826. The Hall–Kier alpha value is -2.97. The summed E-state index contributed by atoms with van der Waals surface area (Å²) >= 11 is 0. The van der Waals surface area contributed by atoms with Crippen LogP contribution in [0.1, 0.15) is 30.8 Å². The number of anilines is 1. The lowest BCUT2D eigenvalue weighted by Gasteiger charge is -2.28. The lowest BCUT2D eigenvalue weighted by molar-refractivity contribution is 0.482. The number of aryl methyl sites for hydroxylation is 1. The molecule has 0 saturated carbocycles. The zero-order valence-electron chi connectivity index (χ0n) is 17.5. The van der Waals surface area contributed by atoms with E-state index < -0.39 is 10.0 Å². The van der Waals surface area contributed by atoms with E-state index in [2.05, 4.69) is 19.6 Å². The molecule has 0 unspecified atom stereocenters. The third-order valence-electron chi connectivity index (χ3n) is 5.10. The highest BCUT2D eigenvalue weighted by molar-refractivity contribution is 7.89. The molecule has 31 heavy (non-hydrogen) atoms. The first kappa shape index (κ1) is 21.3. The summed E-state index contributed by atoms with van der Waals surface area (Å²) in [7, 11) is -3.70. The van der Waals surface area contributed by atoms with Crippen molar-refractivity contribution in [2.75, 3.05) is 18.0 Å². The topological polar surface area (TPSA) is 84.4 Å². The zero-order chi connectivity index (χ0) is 21.7. The van der Waals surface area contributed by atoms with Crippen LogP contribution in [0.5, 0.6) is 11.5 Å². The Morgan fingerprint density at radius 2 is 1.61 bits per heavy atom. The second-order valence-electron chi connectivity index (χ2n) is 7.54. The molecule has 0 aliphatic carbocycles. The minimum absolute atomic E-state index is 0.0348. The number of sulfonamides is 1. The Bertz CT molecular complexity index is 1110. The van der Waals surface area contributed by atoms with E-state index in [0.29, 0.717) is 17.3 Å². The Balaban J connectivity index is 1.42. The number of benzene rings is 2. The van der Waals surface area contributed by atoms with Crippen molar-refractivity contribution in [3.63, 3.8) is 0 Å². The number of hydrogen-bond acceptors (Lipinski definition) is 6. The largest absolute Gasteiger partial charge is 0.457 e. The molecule has 7 nitrogen and oxygen atoms in total. The Morgan fingerprint density at radius 3 is 2.32 bits per heavy atom. The summed E-state index contributed by atoms with van der Waals surface area (Å²) in [5, 5.41) is 0. The molecule has 2 heterocycles. The van der Waals surface area contributed by atoms with E-state index in [1.807, 2.05) is 43.3 Å². The molecule has 3 aromatic rings. The van der Waals surface area contributed by atoms with Crippen molar-refractivity contribution in [2.24, 2.45) is 0 Å². The number of nitrogens with zero attached hydrogens (tertiary/aromatic N) is 3. The smallest absolute Gasteiger partial charge is 0.240 e. The lowest BCUT2D eigenvalue weighted by atomic mass is 10.1. The molecule has 1 N–H and O–H groups in total. The quantitative estimate of drug-likeness (QED) is 0.599. The first-order valence-electron chi connectivity index (χ1n) is 10.4. The summed E-state index contributed by atoms with van der Waals surface area (Å²) < 4.78 is 33.8. The van der Waals surface area contributed by atoms with E-state index >= 15 is 0 Å². The molecule has 0 spiro atoms. The van der Waals surface area contributed by atoms with E-state index in [1.54, 1.807) is 12.1 Å². The molecule has 1 fully saturated rings. The molecular weight excluding hydrogens is 412 g/mol. The van der Waals surface area contributed by atoms with E-state index in [4.69, 9.17) is 4.74 Å². The molecule has 4 rings (SSSR count). The van der Waals surface area contributed by atoms with Crippen LogP contribution in [0.15, 0.2) is 65.6 Å². The summed E-state index contributed by atoms with van der Waals surface area (Å²) in [6.45, 7) is 3.88. The van der Waals surface area contributed by atoms with Crippen molar-refractivity contribution in [2.45, 2.75) is 37.6 Å². The molecule has 1 aliphatic rings. The van der Waals surface area contributed by atoms with Crippen LogP contribution in [0.2, 0.25) is 0 Å². The number of ether oxygens (including phenoxy) is 1. The summed E-state index contributed by atoms with van der Waals surface area (Å²) in [6.07, 6.45) is 3.53. The maximum absolute atomic E-state index is 12.7. The predicted octanol–water partition coefficient (Wildman–Crippen LogP) is 4.05. The Labute approximate surface area is 183 Å². The Kier molecular flexibility index (Phi) is 6.48. The number of rotatable bonds is 7. The van der Waals surface area contributed by atoms with Gasteiger partial charge in [0.15, 0.2) is 0 Å². The standard InChI is InChI=1S/C23H26N4O3S/c1-18-16-23(27-14-6-3-7-15-27)26-22(25-18)17-24-31(28,29)21-12-10-20(11-13-21)30-19-8-4-2-5-9-19/h2,4-5,8-13,16,24H,3,6-7,14-15,17H2,1H3. The highest BCUT2D eigenvalue weighted by atomic mass is 32.2. The van der Waals surface area contributed by atoms with Gasteiger partial charge in [0.25, 0.3) is 0 Å². The van der Waals surface area contributed by atoms with Crippen molar-refractivity contribution in [1.29, 1.82) is 0 Å². The fraction of sp³-hybridized carbons (Fsp3) is 0.304. The normalized spacial score (nSPS) is 14.4. The van der Waals surface area contributed by atoms with E-state index in [-0.39, 0.29) is 11.4 Å². The summed E-state index contributed by atoms with van der Waals surface area (Å²) in [6, 6.07) is 17.6. The highest BCUT2D eigenvalue weighted by Crippen LogP contribution is 2.23. The molecule has 0 atom stereocenters. The lowest BCUT2D eigenvalue weighted by Crippen LogP contribution is -2.31. The molecule has 8 heteroatoms. The van der Waals surface area contributed by atoms with E-state index in [9.17, 15) is 8.42 Å². The van der Waals surface area contributed by atoms with Gasteiger partial charge in [0.05, 0.1) is 11.4 Å². The molecule has 0 amide bonds.